The third-order valence-electron chi connectivity index (χ3n) is 5.22. The Morgan fingerprint density at radius 3 is 2.68 bits per heavy atom. The van der Waals surface area contributed by atoms with E-state index in [9.17, 15) is 10.2 Å². The monoisotopic (exact) mass is 293 g/mol. The van der Waals surface area contributed by atoms with Crippen LogP contribution in [0, 0.1) is 0 Å². The summed E-state index contributed by atoms with van der Waals surface area (Å²) in [5.41, 5.74) is 4.30. The van der Waals surface area contributed by atoms with Crippen LogP contribution < -0.4 is 5.32 Å². The highest BCUT2D eigenvalue weighted by molar-refractivity contribution is 5.59. The molecule has 112 valence electrons. The van der Waals surface area contributed by atoms with E-state index in [0.717, 1.165) is 30.5 Å². The maximum absolute atomic E-state index is 10.0. The lowest BCUT2D eigenvalue weighted by atomic mass is 9.60. The van der Waals surface area contributed by atoms with E-state index in [0.29, 0.717) is 0 Å². The fourth-order valence-corrected chi connectivity index (χ4v) is 4.20. The highest BCUT2D eigenvalue weighted by atomic mass is 16.3. The van der Waals surface area contributed by atoms with Crippen molar-refractivity contribution >= 4 is 0 Å². The van der Waals surface area contributed by atoms with Crippen LogP contribution in [0.2, 0.25) is 0 Å². The van der Waals surface area contributed by atoms with Crippen molar-refractivity contribution in [2.24, 2.45) is 0 Å². The van der Waals surface area contributed by atoms with E-state index in [4.69, 9.17) is 0 Å². The first-order valence-corrected chi connectivity index (χ1v) is 7.67. The molecule has 0 fully saturated rings. The van der Waals surface area contributed by atoms with Crippen LogP contribution >= 0.6 is 0 Å². The molecule has 1 heterocycles. The molecule has 1 aliphatic heterocycles. The number of aryl methyl sites for hydroxylation is 1. The van der Waals surface area contributed by atoms with E-state index < -0.39 is 0 Å². The Bertz CT molecular complexity index is 768. The maximum Gasteiger partial charge on any atom is 0.157 e. The maximum atomic E-state index is 10.0. The number of rotatable bonds is 1. The second-order valence-corrected chi connectivity index (χ2v) is 6.20. The summed E-state index contributed by atoms with van der Waals surface area (Å²) in [5.74, 6) is -0.114. The number of hydrogen-bond acceptors (Lipinski definition) is 3. The molecule has 0 aromatic heterocycles. The lowest BCUT2D eigenvalue weighted by Gasteiger charge is -2.48. The Morgan fingerprint density at radius 1 is 1.09 bits per heavy atom. The summed E-state index contributed by atoms with van der Waals surface area (Å²) in [7, 11) is 0. The molecule has 2 atom stereocenters. The summed E-state index contributed by atoms with van der Waals surface area (Å²) in [5, 5.41) is 23.5. The predicted molar refractivity (Wildman–Crippen MR) is 86.1 cm³/mol. The van der Waals surface area contributed by atoms with E-state index in [-0.39, 0.29) is 23.0 Å². The van der Waals surface area contributed by atoms with Crippen molar-refractivity contribution in [1.29, 1.82) is 0 Å². The van der Waals surface area contributed by atoms with Crippen molar-refractivity contribution in [3.05, 3.63) is 71.3 Å². The SMILES string of the molecule is C=C[C@@]12c3cc(O)c(O)cc3CCC1NCc1ccccc12. The van der Waals surface area contributed by atoms with E-state index >= 15 is 0 Å². The molecule has 1 aliphatic carbocycles. The highest BCUT2D eigenvalue weighted by Gasteiger charge is 2.46. The van der Waals surface area contributed by atoms with Crippen LogP contribution in [0.5, 0.6) is 11.5 Å². The minimum Gasteiger partial charge on any atom is -0.504 e. The third-order valence-corrected chi connectivity index (χ3v) is 5.22. The van der Waals surface area contributed by atoms with Crippen LogP contribution in [0.4, 0.5) is 0 Å². The van der Waals surface area contributed by atoms with Gasteiger partial charge in [-0.3, -0.25) is 0 Å². The molecular weight excluding hydrogens is 274 g/mol. The molecule has 3 N–H and O–H groups in total. The number of phenols is 2. The highest BCUT2D eigenvalue weighted by Crippen LogP contribution is 2.49. The fraction of sp³-hybridized carbons (Fsp3) is 0.263. The van der Waals surface area contributed by atoms with Gasteiger partial charge in [0.15, 0.2) is 11.5 Å². The molecule has 0 amide bonds. The Morgan fingerprint density at radius 2 is 1.86 bits per heavy atom. The molecule has 1 unspecified atom stereocenters. The summed E-state index contributed by atoms with van der Waals surface area (Å²) in [6.45, 7) is 4.98. The van der Waals surface area contributed by atoms with E-state index in [2.05, 4.69) is 36.2 Å². The number of benzene rings is 2. The average Bonchev–Trinajstić information content (AvgIpc) is 2.55. The second-order valence-electron chi connectivity index (χ2n) is 6.20. The molecule has 2 aromatic carbocycles. The lowest BCUT2D eigenvalue weighted by molar-refractivity contribution is 0.326. The second kappa shape index (κ2) is 4.62. The van der Waals surface area contributed by atoms with Gasteiger partial charge in [0, 0.05) is 12.6 Å². The van der Waals surface area contributed by atoms with Crippen molar-refractivity contribution in [2.45, 2.75) is 30.8 Å². The molecule has 0 saturated carbocycles. The Labute approximate surface area is 129 Å². The van der Waals surface area contributed by atoms with Crippen molar-refractivity contribution < 1.29 is 10.2 Å². The number of phenolic OH excluding ortho intramolecular Hbond substituents is 2. The number of nitrogens with one attached hydrogen (secondary N) is 1. The topological polar surface area (TPSA) is 52.5 Å². The van der Waals surface area contributed by atoms with Gasteiger partial charge in [0.05, 0.1) is 5.41 Å². The Hall–Kier alpha value is -2.26. The van der Waals surface area contributed by atoms with Crippen LogP contribution in [-0.2, 0) is 18.4 Å². The first kappa shape index (κ1) is 13.4. The summed E-state index contributed by atoms with van der Waals surface area (Å²) < 4.78 is 0. The Balaban J connectivity index is 2.05. The summed E-state index contributed by atoms with van der Waals surface area (Å²) in [6.07, 6.45) is 3.87. The predicted octanol–water partition coefficient (Wildman–Crippen LogP) is 2.99. The van der Waals surface area contributed by atoms with E-state index in [1.807, 2.05) is 6.08 Å². The largest absolute Gasteiger partial charge is 0.504 e. The van der Waals surface area contributed by atoms with Gasteiger partial charge < -0.3 is 15.5 Å². The van der Waals surface area contributed by atoms with Crippen LogP contribution in [0.1, 0.15) is 28.7 Å². The normalized spacial score (nSPS) is 25.7. The minimum atomic E-state index is -0.354. The van der Waals surface area contributed by atoms with Gasteiger partial charge >= 0.3 is 0 Å². The summed E-state index contributed by atoms with van der Waals surface area (Å²) >= 11 is 0. The van der Waals surface area contributed by atoms with Crippen molar-refractivity contribution in [2.75, 3.05) is 0 Å². The van der Waals surface area contributed by atoms with Gasteiger partial charge in [-0.15, -0.1) is 6.58 Å². The average molecular weight is 293 g/mol. The zero-order chi connectivity index (χ0) is 15.3. The Kier molecular flexibility index (Phi) is 2.81. The molecular formula is C19H19NO2. The van der Waals surface area contributed by atoms with Crippen LogP contribution in [-0.4, -0.2) is 16.3 Å². The van der Waals surface area contributed by atoms with Gasteiger partial charge in [-0.25, -0.2) is 0 Å². The van der Waals surface area contributed by atoms with E-state index in [1.54, 1.807) is 12.1 Å². The molecule has 2 aliphatic rings. The molecule has 0 spiro atoms. The quantitative estimate of drug-likeness (QED) is 0.559. The van der Waals surface area contributed by atoms with Crippen LogP contribution in [0.3, 0.4) is 0 Å². The summed E-state index contributed by atoms with van der Waals surface area (Å²) in [6, 6.07) is 12.1. The number of fused-ring (bicyclic) bond motifs is 5. The zero-order valence-corrected chi connectivity index (χ0v) is 12.3. The van der Waals surface area contributed by atoms with Crippen molar-refractivity contribution in [3.8, 4) is 11.5 Å². The first-order valence-electron chi connectivity index (χ1n) is 7.67. The fourth-order valence-electron chi connectivity index (χ4n) is 4.20. The van der Waals surface area contributed by atoms with Gasteiger partial charge in [0.25, 0.3) is 0 Å². The zero-order valence-electron chi connectivity index (χ0n) is 12.3. The van der Waals surface area contributed by atoms with Crippen molar-refractivity contribution in [3.63, 3.8) is 0 Å². The lowest BCUT2D eigenvalue weighted by Crippen LogP contribution is -2.54. The smallest absolute Gasteiger partial charge is 0.157 e. The minimum absolute atomic E-state index is 0.0477. The van der Waals surface area contributed by atoms with Gasteiger partial charge in [-0.1, -0.05) is 30.3 Å². The molecule has 0 saturated heterocycles. The molecule has 0 bridgehead atoms. The van der Waals surface area contributed by atoms with Gasteiger partial charge in [-0.2, -0.15) is 0 Å². The van der Waals surface area contributed by atoms with Crippen LogP contribution in [0.25, 0.3) is 0 Å². The molecule has 22 heavy (non-hydrogen) atoms. The van der Waals surface area contributed by atoms with Gasteiger partial charge in [0.1, 0.15) is 0 Å². The molecule has 4 rings (SSSR count). The molecule has 3 nitrogen and oxygen atoms in total. The number of aromatic hydroxyl groups is 2. The number of hydrogen-bond donors (Lipinski definition) is 3. The first-order chi connectivity index (χ1) is 10.7. The van der Waals surface area contributed by atoms with Gasteiger partial charge in [-0.05, 0) is 47.2 Å². The third kappa shape index (κ3) is 1.60. The van der Waals surface area contributed by atoms with Gasteiger partial charge in [0.2, 0.25) is 0 Å². The van der Waals surface area contributed by atoms with Crippen molar-refractivity contribution in [1.82, 2.24) is 5.32 Å². The summed E-state index contributed by atoms with van der Waals surface area (Å²) in [4.78, 5) is 0. The molecule has 3 heteroatoms. The van der Waals surface area contributed by atoms with E-state index in [1.165, 1.54) is 11.1 Å². The van der Waals surface area contributed by atoms with Crippen LogP contribution in [0.15, 0.2) is 49.1 Å². The molecule has 0 radical (unpaired) electrons. The molecule has 2 aromatic rings. The standard InChI is InChI=1S/C19H19NO2/c1-2-19-14-6-4-3-5-13(14)11-20-18(19)8-7-12-9-16(21)17(22)10-15(12)19/h2-6,9-10,18,20-22H,1,7-8,11H2/t18?,19-/m1/s1.